The van der Waals surface area contributed by atoms with Crippen molar-refractivity contribution in [1.82, 2.24) is 0 Å². The molecule has 0 bridgehead atoms. The predicted octanol–water partition coefficient (Wildman–Crippen LogP) is 3.66. The Morgan fingerprint density at radius 3 is 2.77 bits per heavy atom. The van der Waals surface area contributed by atoms with Crippen LogP contribution in [0, 0.1) is 13.8 Å². The number of anilines is 1. The van der Waals surface area contributed by atoms with E-state index in [2.05, 4.69) is 6.07 Å². The number of benzene rings is 2. The van der Waals surface area contributed by atoms with Crippen LogP contribution in [0.5, 0.6) is 5.75 Å². The van der Waals surface area contributed by atoms with Gasteiger partial charge in [0.2, 0.25) is 0 Å². The summed E-state index contributed by atoms with van der Waals surface area (Å²) in [4.78, 5) is 14.5. The fourth-order valence-corrected chi connectivity index (χ4v) is 2.86. The number of amides is 1. The van der Waals surface area contributed by atoms with E-state index in [9.17, 15) is 4.79 Å². The van der Waals surface area contributed by atoms with Gasteiger partial charge in [0.25, 0.3) is 5.91 Å². The summed E-state index contributed by atoms with van der Waals surface area (Å²) in [6.07, 6.45) is 0.421. The van der Waals surface area contributed by atoms with Crippen molar-refractivity contribution in [3.63, 3.8) is 0 Å². The Bertz CT molecular complexity index is 708. The molecule has 1 aliphatic rings. The quantitative estimate of drug-likeness (QED) is 0.865. The first-order valence-corrected chi connectivity index (χ1v) is 7.69. The second-order valence-corrected chi connectivity index (χ2v) is 5.90. The number of fused-ring (bicyclic) bond motifs is 1. The summed E-state index contributed by atoms with van der Waals surface area (Å²) >= 11 is 0. The van der Waals surface area contributed by atoms with Gasteiger partial charge >= 0.3 is 0 Å². The van der Waals surface area contributed by atoms with Gasteiger partial charge in [-0.05, 0) is 56.0 Å². The van der Waals surface area contributed by atoms with Crippen molar-refractivity contribution in [2.24, 2.45) is 0 Å². The summed E-state index contributed by atoms with van der Waals surface area (Å²) in [7, 11) is 0. The third kappa shape index (κ3) is 2.71. The van der Waals surface area contributed by atoms with E-state index < -0.39 is 6.10 Å². The van der Waals surface area contributed by atoms with E-state index >= 15 is 0 Å². The number of aryl methyl sites for hydroxylation is 2. The standard InChI is InChI=1S/C19H21NO2/c1-13-8-9-14(2)18(12-13)22-15(3)19(21)20-11-10-16-6-4-5-7-17(16)20/h4-9,12,15H,10-11H2,1-3H3. The normalized spacial score (nSPS) is 14.6. The molecule has 3 rings (SSSR count). The minimum atomic E-state index is -0.494. The lowest BCUT2D eigenvalue weighted by molar-refractivity contribution is -0.124. The van der Waals surface area contributed by atoms with Crippen LogP contribution in [0.2, 0.25) is 0 Å². The van der Waals surface area contributed by atoms with Crippen molar-refractivity contribution in [2.75, 3.05) is 11.4 Å². The molecule has 22 heavy (non-hydrogen) atoms. The molecule has 0 saturated heterocycles. The monoisotopic (exact) mass is 295 g/mol. The largest absolute Gasteiger partial charge is 0.481 e. The molecule has 2 aromatic carbocycles. The van der Waals surface area contributed by atoms with Crippen LogP contribution in [0.4, 0.5) is 5.69 Å². The summed E-state index contributed by atoms with van der Waals surface area (Å²) in [5, 5.41) is 0. The average molecular weight is 295 g/mol. The number of hydrogen-bond donors (Lipinski definition) is 0. The van der Waals surface area contributed by atoms with Gasteiger partial charge in [-0.2, -0.15) is 0 Å². The molecular weight excluding hydrogens is 274 g/mol. The summed E-state index contributed by atoms with van der Waals surface area (Å²) in [5.74, 6) is 0.805. The molecule has 0 radical (unpaired) electrons. The van der Waals surface area contributed by atoms with Crippen LogP contribution in [0.15, 0.2) is 42.5 Å². The van der Waals surface area contributed by atoms with Crippen molar-refractivity contribution in [2.45, 2.75) is 33.3 Å². The molecule has 3 nitrogen and oxygen atoms in total. The Kier molecular flexibility index (Phi) is 3.88. The highest BCUT2D eigenvalue weighted by molar-refractivity contribution is 5.98. The molecule has 0 saturated carbocycles. The number of para-hydroxylation sites is 1. The maximum atomic E-state index is 12.7. The van der Waals surface area contributed by atoms with Crippen LogP contribution < -0.4 is 9.64 Å². The Morgan fingerprint density at radius 1 is 1.18 bits per heavy atom. The zero-order valence-electron chi connectivity index (χ0n) is 13.3. The number of ether oxygens (including phenoxy) is 1. The third-order valence-electron chi connectivity index (χ3n) is 4.15. The SMILES string of the molecule is Cc1ccc(C)c(OC(C)C(=O)N2CCc3ccccc32)c1. The Hall–Kier alpha value is -2.29. The first-order chi connectivity index (χ1) is 10.6. The molecule has 3 heteroatoms. The third-order valence-corrected chi connectivity index (χ3v) is 4.15. The van der Waals surface area contributed by atoms with E-state index in [1.807, 2.05) is 62.1 Å². The van der Waals surface area contributed by atoms with Gasteiger partial charge in [-0.15, -0.1) is 0 Å². The molecule has 0 aromatic heterocycles. The minimum Gasteiger partial charge on any atom is -0.481 e. The van der Waals surface area contributed by atoms with Gasteiger partial charge in [-0.25, -0.2) is 0 Å². The highest BCUT2D eigenvalue weighted by Crippen LogP contribution is 2.29. The van der Waals surface area contributed by atoms with Crippen molar-refractivity contribution >= 4 is 11.6 Å². The number of nitrogens with zero attached hydrogens (tertiary/aromatic N) is 1. The molecule has 0 N–H and O–H groups in total. The molecule has 0 spiro atoms. The van der Waals surface area contributed by atoms with E-state index in [1.54, 1.807) is 0 Å². The van der Waals surface area contributed by atoms with Gasteiger partial charge in [-0.1, -0.05) is 30.3 Å². The Morgan fingerprint density at radius 2 is 1.95 bits per heavy atom. The van der Waals surface area contributed by atoms with Crippen LogP contribution >= 0.6 is 0 Å². The molecule has 0 fully saturated rings. The Labute approximate surface area is 131 Å². The zero-order chi connectivity index (χ0) is 15.7. The van der Waals surface area contributed by atoms with E-state index in [4.69, 9.17) is 4.74 Å². The molecule has 0 aliphatic carbocycles. The fourth-order valence-electron chi connectivity index (χ4n) is 2.86. The van der Waals surface area contributed by atoms with Crippen LogP contribution in [-0.4, -0.2) is 18.6 Å². The minimum absolute atomic E-state index is 0.0193. The average Bonchev–Trinajstić information content (AvgIpc) is 2.94. The Balaban J connectivity index is 1.77. The van der Waals surface area contributed by atoms with E-state index in [0.29, 0.717) is 0 Å². The zero-order valence-corrected chi connectivity index (χ0v) is 13.3. The molecule has 1 aliphatic heterocycles. The van der Waals surface area contributed by atoms with Crippen LogP contribution in [0.1, 0.15) is 23.6 Å². The fraction of sp³-hybridized carbons (Fsp3) is 0.316. The van der Waals surface area contributed by atoms with Gasteiger partial charge in [0.15, 0.2) is 6.10 Å². The van der Waals surface area contributed by atoms with Crippen LogP contribution in [0.25, 0.3) is 0 Å². The predicted molar refractivity (Wildman–Crippen MR) is 88.5 cm³/mol. The van der Waals surface area contributed by atoms with Crippen molar-refractivity contribution in [3.8, 4) is 5.75 Å². The first kappa shape index (κ1) is 14.6. The number of rotatable bonds is 3. The highest BCUT2D eigenvalue weighted by atomic mass is 16.5. The summed E-state index contributed by atoms with van der Waals surface area (Å²) in [6, 6.07) is 14.1. The number of carbonyl (C=O) groups excluding carboxylic acids is 1. The highest BCUT2D eigenvalue weighted by Gasteiger charge is 2.28. The molecule has 1 heterocycles. The molecule has 1 unspecified atom stereocenters. The van der Waals surface area contributed by atoms with Crippen LogP contribution in [-0.2, 0) is 11.2 Å². The van der Waals surface area contributed by atoms with Gasteiger partial charge in [0, 0.05) is 12.2 Å². The molecule has 2 aromatic rings. The maximum absolute atomic E-state index is 12.7. The lowest BCUT2D eigenvalue weighted by Gasteiger charge is -2.23. The van der Waals surface area contributed by atoms with Crippen LogP contribution in [0.3, 0.4) is 0 Å². The summed E-state index contributed by atoms with van der Waals surface area (Å²) < 4.78 is 5.92. The first-order valence-electron chi connectivity index (χ1n) is 7.69. The van der Waals surface area contributed by atoms with Crippen molar-refractivity contribution in [3.05, 3.63) is 59.2 Å². The van der Waals surface area contributed by atoms with Crippen molar-refractivity contribution < 1.29 is 9.53 Å². The van der Waals surface area contributed by atoms with Gasteiger partial charge in [-0.3, -0.25) is 4.79 Å². The molecular formula is C19H21NO2. The molecule has 1 atom stereocenters. The molecule has 1 amide bonds. The topological polar surface area (TPSA) is 29.5 Å². The molecule has 114 valence electrons. The summed E-state index contributed by atoms with van der Waals surface area (Å²) in [5.41, 5.74) is 4.43. The van der Waals surface area contributed by atoms with E-state index in [1.165, 1.54) is 5.56 Å². The van der Waals surface area contributed by atoms with E-state index in [-0.39, 0.29) is 5.91 Å². The second-order valence-electron chi connectivity index (χ2n) is 5.90. The van der Waals surface area contributed by atoms with Gasteiger partial charge in [0.05, 0.1) is 0 Å². The van der Waals surface area contributed by atoms with Crippen molar-refractivity contribution in [1.29, 1.82) is 0 Å². The lowest BCUT2D eigenvalue weighted by atomic mass is 10.1. The van der Waals surface area contributed by atoms with Gasteiger partial charge < -0.3 is 9.64 Å². The van der Waals surface area contributed by atoms with E-state index in [0.717, 1.165) is 35.5 Å². The maximum Gasteiger partial charge on any atom is 0.267 e. The summed E-state index contributed by atoms with van der Waals surface area (Å²) in [6.45, 7) is 6.58. The lowest BCUT2D eigenvalue weighted by Crippen LogP contribution is -2.39. The second kappa shape index (κ2) is 5.84. The number of carbonyl (C=O) groups is 1. The smallest absolute Gasteiger partial charge is 0.267 e. The number of hydrogen-bond acceptors (Lipinski definition) is 2. The van der Waals surface area contributed by atoms with Gasteiger partial charge in [0.1, 0.15) is 5.75 Å².